The van der Waals surface area contributed by atoms with Crippen LogP contribution in [0.15, 0.2) is 30.3 Å². The van der Waals surface area contributed by atoms with E-state index in [0.29, 0.717) is 6.54 Å². The zero-order valence-corrected chi connectivity index (χ0v) is 11.4. The third-order valence-corrected chi connectivity index (χ3v) is 3.15. The summed E-state index contributed by atoms with van der Waals surface area (Å²) in [6.45, 7) is 5.28. The van der Waals surface area contributed by atoms with Gasteiger partial charge in [0, 0.05) is 19.1 Å². The van der Waals surface area contributed by atoms with Gasteiger partial charge in [-0.05, 0) is 43.5 Å². The van der Waals surface area contributed by atoms with Gasteiger partial charge in [0.25, 0.3) is 0 Å². The van der Waals surface area contributed by atoms with E-state index < -0.39 is 0 Å². The van der Waals surface area contributed by atoms with Crippen molar-refractivity contribution in [3.63, 3.8) is 0 Å². The van der Waals surface area contributed by atoms with Crippen LogP contribution in [-0.4, -0.2) is 35.2 Å². The number of hydrogen-bond acceptors (Lipinski definition) is 2. The maximum Gasteiger partial charge on any atom is 0.317 e. The summed E-state index contributed by atoms with van der Waals surface area (Å²) in [6, 6.07) is 7.35. The van der Waals surface area contributed by atoms with Crippen molar-refractivity contribution >= 4 is 11.6 Å². The Bertz CT molecular complexity index is 477. The van der Waals surface area contributed by atoms with Gasteiger partial charge in [-0.15, -0.1) is 0 Å². The van der Waals surface area contributed by atoms with Gasteiger partial charge >= 0.3 is 6.03 Å². The highest BCUT2D eigenvalue weighted by molar-refractivity contribution is 5.77. The molecule has 4 heteroatoms. The van der Waals surface area contributed by atoms with Crippen LogP contribution < -0.4 is 5.32 Å². The van der Waals surface area contributed by atoms with Gasteiger partial charge in [-0.1, -0.05) is 18.2 Å². The highest BCUT2D eigenvalue weighted by Crippen LogP contribution is 2.23. The van der Waals surface area contributed by atoms with E-state index in [1.165, 1.54) is 5.57 Å². The fourth-order valence-electron chi connectivity index (χ4n) is 2.13. The monoisotopic (exact) mass is 260 g/mol. The molecule has 1 heterocycles. The number of carbonyl (C=O) groups is 1. The minimum Gasteiger partial charge on any atom is -0.508 e. The van der Waals surface area contributed by atoms with Crippen molar-refractivity contribution in [1.29, 1.82) is 0 Å². The number of amides is 2. The van der Waals surface area contributed by atoms with Crippen LogP contribution in [0.1, 0.15) is 25.8 Å². The molecule has 1 aliphatic rings. The summed E-state index contributed by atoms with van der Waals surface area (Å²) in [4.78, 5) is 13.7. The minimum atomic E-state index is -0.00370. The lowest BCUT2D eigenvalue weighted by Gasteiger charge is -2.27. The molecule has 0 aliphatic carbocycles. The zero-order chi connectivity index (χ0) is 13.8. The molecule has 0 radical (unpaired) electrons. The first-order chi connectivity index (χ1) is 9.06. The van der Waals surface area contributed by atoms with E-state index in [1.807, 2.05) is 30.9 Å². The van der Waals surface area contributed by atoms with Gasteiger partial charge in [-0.25, -0.2) is 4.79 Å². The van der Waals surface area contributed by atoms with Crippen molar-refractivity contribution in [2.45, 2.75) is 26.3 Å². The van der Waals surface area contributed by atoms with Gasteiger partial charge in [-0.2, -0.15) is 0 Å². The Morgan fingerprint density at radius 3 is 2.53 bits per heavy atom. The van der Waals surface area contributed by atoms with Crippen molar-refractivity contribution in [2.24, 2.45) is 0 Å². The maximum atomic E-state index is 11.8. The van der Waals surface area contributed by atoms with Crippen molar-refractivity contribution in [1.82, 2.24) is 10.2 Å². The van der Waals surface area contributed by atoms with Crippen LogP contribution in [0.3, 0.4) is 0 Å². The molecule has 0 fully saturated rings. The summed E-state index contributed by atoms with van der Waals surface area (Å²) in [5.41, 5.74) is 2.34. The highest BCUT2D eigenvalue weighted by Gasteiger charge is 2.18. The van der Waals surface area contributed by atoms with E-state index in [-0.39, 0.29) is 17.8 Å². The Labute approximate surface area is 113 Å². The number of nitrogens with one attached hydrogen (secondary N) is 1. The normalized spacial score (nSPS) is 15.3. The highest BCUT2D eigenvalue weighted by atomic mass is 16.3. The van der Waals surface area contributed by atoms with Crippen LogP contribution >= 0.6 is 0 Å². The maximum absolute atomic E-state index is 11.8. The first-order valence-corrected chi connectivity index (χ1v) is 6.60. The molecule has 0 atom stereocenters. The average Bonchev–Trinajstić information content (AvgIpc) is 2.39. The Balaban J connectivity index is 2.00. The Morgan fingerprint density at radius 2 is 2.00 bits per heavy atom. The quantitative estimate of drug-likeness (QED) is 0.858. The van der Waals surface area contributed by atoms with Gasteiger partial charge in [-0.3, -0.25) is 0 Å². The Morgan fingerprint density at radius 1 is 1.32 bits per heavy atom. The molecule has 0 saturated carbocycles. The predicted molar refractivity (Wildman–Crippen MR) is 75.9 cm³/mol. The SMILES string of the molecule is CC(C)NC(=O)N1CC=C(c2ccc(O)cc2)CC1. The number of nitrogens with zero attached hydrogens (tertiary/aromatic N) is 1. The van der Waals surface area contributed by atoms with Crippen LogP contribution in [0.5, 0.6) is 5.75 Å². The molecule has 2 amide bonds. The van der Waals surface area contributed by atoms with Gasteiger partial charge in [0.1, 0.15) is 5.75 Å². The minimum absolute atomic E-state index is 0.00370. The third-order valence-electron chi connectivity index (χ3n) is 3.15. The molecule has 4 nitrogen and oxygen atoms in total. The second-order valence-corrected chi connectivity index (χ2v) is 5.08. The molecule has 0 bridgehead atoms. The summed E-state index contributed by atoms with van der Waals surface area (Å²) in [5.74, 6) is 0.276. The van der Waals surface area contributed by atoms with Crippen LogP contribution in [-0.2, 0) is 0 Å². The number of aromatic hydroxyl groups is 1. The number of benzene rings is 1. The van der Waals surface area contributed by atoms with Crippen molar-refractivity contribution in [3.8, 4) is 5.75 Å². The number of carbonyl (C=O) groups excluding carboxylic acids is 1. The van der Waals surface area contributed by atoms with Crippen LogP contribution in [0.2, 0.25) is 0 Å². The molecule has 102 valence electrons. The summed E-state index contributed by atoms with van der Waals surface area (Å²) in [6.07, 6.45) is 2.92. The van der Waals surface area contributed by atoms with E-state index in [2.05, 4.69) is 11.4 Å². The summed E-state index contributed by atoms with van der Waals surface area (Å²) in [7, 11) is 0. The molecule has 2 rings (SSSR count). The predicted octanol–water partition coefficient (Wildman–Crippen LogP) is 2.60. The lowest BCUT2D eigenvalue weighted by atomic mass is 9.99. The molecule has 19 heavy (non-hydrogen) atoms. The second kappa shape index (κ2) is 5.78. The topological polar surface area (TPSA) is 52.6 Å². The van der Waals surface area contributed by atoms with Crippen LogP contribution in [0.4, 0.5) is 4.79 Å². The molecule has 1 aromatic carbocycles. The summed E-state index contributed by atoms with van der Waals surface area (Å²) < 4.78 is 0. The van der Waals surface area contributed by atoms with Crippen LogP contribution in [0, 0.1) is 0 Å². The third kappa shape index (κ3) is 3.50. The van der Waals surface area contributed by atoms with Crippen LogP contribution in [0.25, 0.3) is 5.57 Å². The van der Waals surface area contributed by atoms with Gasteiger partial charge < -0.3 is 15.3 Å². The average molecular weight is 260 g/mol. The fraction of sp³-hybridized carbons (Fsp3) is 0.400. The van der Waals surface area contributed by atoms with E-state index in [4.69, 9.17) is 0 Å². The zero-order valence-electron chi connectivity index (χ0n) is 11.4. The number of phenols is 1. The van der Waals surface area contributed by atoms with Crippen molar-refractivity contribution < 1.29 is 9.90 Å². The molecule has 1 aromatic rings. The smallest absolute Gasteiger partial charge is 0.317 e. The van der Waals surface area contributed by atoms with Gasteiger partial charge in [0.15, 0.2) is 0 Å². The molecule has 1 aliphatic heterocycles. The molecular weight excluding hydrogens is 240 g/mol. The standard InChI is InChI=1S/C15H20N2O2/c1-11(2)16-15(19)17-9-7-13(8-10-17)12-3-5-14(18)6-4-12/h3-7,11,18H,8-10H2,1-2H3,(H,16,19). The van der Waals surface area contributed by atoms with E-state index in [9.17, 15) is 9.90 Å². The molecule has 0 aromatic heterocycles. The van der Waals surface area contributed by atoms with E-state index >= 15 is 0 Å². The molecule has 0 spiro atoms. The second-order valence-electron chi connectivity index (χ2n) is 5.08. The van der Waals surface area contributed by atoms with E-state index in [0.717, 1.165) is 18.5 Å². The number of phenolic OH excluding ortho intramolecular Hbond substituents is 1. The summed E-state index contributed by atoms with van der Waals surface area (Å²) >= 11 is 0. The number of hydrogen-bond donors (Lipinski definition) is 2. The fourth-order valence-corrected chi connectivity index (χ4v) is 2.13. The van der Waals surface area contributed by atoms with Gasteiger partial charge in [0.05, 0.1) is 0 Å². The first-order valence-electron chi connectivity index (χ1n) is 6.60. The van der Waals surface area contributed by atoms with E-state index in [1.54, 1.807) is 12.1 Å². The lowest BCUT2D eigenvalue weighted by Crippen LogP contribution is -2.44. The van der Waals surface area contributed by atoms with Gasteiger partial charge in [0.2, 0.25) is 0 Å². The Kier molecular flexibility index (Phi) is 4.10. The Hall–Kier alpha value is -1.97. The molecular formula is C15H20N2O2. The lowest BCUT2D eigenvalue weighted by molar-refractivity contribution is 0.200. The van der Waals surface area contributed by atoms with Crippen molar-refractivity contribution in [2.75, 3.05) is 13.1 Å². The summed E-state index contributed by atoms with van der Waals surface area (Å²) in [5, 5.41) is 12.2. The van der Waals surface area contributed by atoms with Crippen molar-refractivity contribution in [3.05, 3.63) is 35.9 Å². The molecule has 2 N–H and O–H groups in total. The number of rotatable bonds is 2. The first kappa shape index (κ1) is 13.5. The number of urea groups is 1. The molecule has 0 unspecified atom stereocenters. The molecule has 0 saturated heterocycles. The largest absolute Gasteiger partial charge is 0.508 e.